The fourth-order valence-corrected chi connectivity index (χ4v) is 1.15. The monoisotopic (exact) mass is 196 g/mol. The van der Waals surface area contributed by atoms with Crippen molar-refractivity contribution < 1.29 is 0 Å². The third kappa shape index (κ3) is 4.39. The minimum atomic E-state index is 0.473. The third-order valence-corrected chi connectivity index (χ3v) is 2.03. The summed E-state index contributed by atoms with van der Waals surface area (Å²) in [6.45, 7) is 8.32. The molecule has 0 amide bonds. The largest absolute Gasteiger partial charge is 0.313 e. The van der Waals surface area contributed by atoms with Crippen LogP contribution in [0, 0.1) is 0 Å². The van der Waals surface area contributed by atoms with Gasteiger partial charge in [0.05, 0.1) is 0 Å². The van der Waals surface area contributed by atoms with Crippen LogP contribution in [0.25, 0.3) is 0 Å². The van der Waals surface area contributed by atoms with Gasteiger partial charge in [0.2, 0.25) is 0 Å². The van der Waals surface area contributed by atoms with Gasteiger partial charge in [0.1, 0.15) is 0 Å². The van der Waals surface area contributed by atoms with Crippen molar-refractivity contribution in [1.82, 2.24) is 20.8 Å². The van der Waals surface area contributed by atoms with Crippen molar-refractivity contribution in [1.29, 1.82) is 0 Å². The van der Waals surface area contributed by atoms with Gasteiger partial charge in [-0.25, -0.2) is 0 Å². The fourth-order valence-electron chi connectivity index (χ4n) is 1.15. The molecule has 0 bridgehead atoms. The highest BCUT2D eigenvalue weighted by Crippen LogP contribution is 1.91. The lowest BCUT2D eigenvalue weighted by atomic mass is 10.3. The van der Waals surface area contributed by atoms with Crippen molar-refractivity contribution in [2.75, 3.05) is 6.54 Å². The summed E-state index contributed by atoms with van der Waals surface area (Å²) in [5.74, 6) is 0. The van der Waals surface area contributed by atoms with Gasteiger partial charge in [0.25, 0.3) is 0 Å². The Morgan fingerprint density at radius 1 is 1.36 bits per heavy atom. The van der Waals surface area contributed by atoms with E-state index in [0.29, 0.717) is 12.1 Å². The van der Waals surface area contributed by atoms with Crippen molar-refractivity contribution in [3.05, 3.63) is 18.0 Å². The van der Waals surface area contributed by atoms with Gasteiger partial charge in [-0.3, -0.25) is 5.10 Å². The molecule has 1 aromatic heterocycles. The molecule has 1 unspecified atom stereocenters. The number of aromatic amines is 1. The Morgan fingerprint density at radius 2 is 2.14 bits per heavy atom. The normalized spacial score (nSPS) is 13.4. The number of hydrogen-bond acceptors (Lipinski definition) is 3. The molecule has 0 aliphatic carbocycles. The molecule has 1 atom stereocenters. The Kier molecular flexibility index (Phi) is 4.62. The van der Waals surface area contributed by atoms with Gasteiger partial charge in [-0.15, -0.1) is 0 Å². The van der Waals surface area contributed by atoms with Crippen LogP contribution in [0.2, 0.25) is 0 Å². The van der Waals surface area contributed by atoms with E-state index in [4.69, 9.17) is 0 Å². The van der Waals surface area contributed by atoms with Gasteiger partial charge in [-0.1, -0.05) is 13.8 Å². The molecular formula is C10H20N4. The summed E-state index contributed by atoms with van der Waals surface area (Å²) in [5, 5.41) is 13.6. The fraction of sp³-hybridized carbons (Fsp3) is 0.700. The minimum Gasteiger partial charge on any atom is -0.313 e. The molecule has 14 heavy (non-hydrogen) atoms. The maximum atomic E-state index is 3.89. The van der Waals surface area contributed by atoms with E-state index in [9.17, 15) is 0 Å². The van der Waals surface area contributed by atoms with Crippen molar-refractivity contribution in [2.24, 2.45) is 0 Å². The highest BCUT2D eigenvalue weighted by Gasteiger charge is 2.02. The van der Waals surface area contributed by atoms with E-state index in [2.05, 4.69) is 41.6 Å². The lowest BCUT2D eigenvalue weighted by Gasteiger charge is -2.15. The zero-order chi connectivity index (χ0) is 10.4. The van der Waals surface area contributed by atoms with E-state index in [-0.39, 0.29) is 0 Å². The molecule has 0 aromatic carbocycles. The highest BCUT2D eigenvalue weighted by atomic mass is 15.1. The van der Waals surface area contributed by atoms with Gasteiger partial charge in [-0.2, -0.15) is 5.10 Å². The van der Waals surface area contributed by atoms with Crippen LogP contribution in [0.1, 0.15) is 26.5 Å². The second-order valence-corrected chi connectivity index (χ2v) is 3.93. The van der Waals surface area contributed by atoms with Crippen molar-refractivity contribution in [3.8, 4) is 0 Å². The summed E-state index contributed by atoms with van der Waals surface area (Å²) in [6.07, 6.45) is 1.77. The van der Waals surface area contributed by atoms with Crippen LogP contribution in [-0.4, -0.2) is 28.8 Å². The number of aromatic nitrogens is 2. The van der Waals surface area contributed by atoms with E-state index in [1.807, 2.05) is 6.07 Å². The van der Waals surface area contributed by atoms with Crippen molar-refractivity contribution >= 4 is 0 Å². The lowest BCUT2D eigenvalue weighted by molar-refractivity contribution is 0.471. The van der Waals surface area contributed by atoms with Crippen molar-refractivity contribution in [2.45, 2.75) is 39.4 Å². The zero-order valence-corrected chi connectivity index (χ0v) is 9.17. The number of nitrogens with one attached hydrogen (secondary N) is 3. The molecule has 1 rings (SSSR count). The molecule has 3 N–H and O–H groups in total. The third-order valence-electron chi connectivity index (χ3n) is 2.03. The molecule has 1 heterocycles. The zero-order valence-electron chi connectivity index (χ0n) is 9.17. The predicted octanol–water partition coefficient (Wildman–Crippen LogP) is 0.886. The number of nitrogens with zero attached hydrogens (tertiary/aromatic N) is 1. The molecule has 0 saturated carbocycles. The van der Waals surface area contributed by atoms with Gasteiger partial charge < -0.3 is 10.6 Å². The molecule has 4 nitrogen and oxygen atoms in total. The Morgan fingerprint density at radius 3 is 2.71 bits per heavy atom. The molecule has 1 aromatic rings. The Balaban J connectivity index is 2.12. The Labute approximate surface area is 85.5 Å². The summed E-state index contributed by atoms with van der Waals surface area (Å²) in [7, 11) is 0. The molecule has 0 aliphatic rings. The van der Waals surface area contributed by atoms with Crippen molar-refractivity contribution in [3.63, 3.8) is 0 Å². The van der Waals surface area contributed by atoms with Gasteiger partial charge in [0.15, 0.2) is 0 Å². The summed E-state index contributed by atoms with van der Waals surface area (Å²) >= 11 is 0. The highest BCUT2D eigenvalue weighted by molar-refractivity contribution is 4.96. The van der Waals surface area contributed by atoms with Crippen LogP contribution >= 0.6 is 0 Å². The first-order valence-electron chi connectivity index (χ1n) is 5.13. The van der Waals surface area contributed by atoms with E-state index in [0.717, 1.165) is 18.8 Å². The quantitative estimate of drug-likeness (QED) is 0.633. The Hall–Kier alpha value is -0.870. The average molecular weight is 196 g/mol. The van der Waals surface area contributed by atoms with Gasteiger partial charge >= 0.3 is 0 Å². The summed E-state index contributed by atoms with van der Waals surface area (Å²) in [6, 6.07) is 3.00. The van der Waals surface area contributed by atoms with Crippen LogP contribution in [0.5, 0.6) is 0 Å². The Bertz CT molecular complexity index is 230. The van der Waals surface area contributed by atoms with E-state index < -0.39 is 0 Å². The molecule has 80 valence electrons. The topological polar surface area (TPSA) is 52.7 Å². The van der Waals surface area contributed by atoms with E-state index in [1.165, 1.54) is 0 Å². The lowest BCUT2D eigenvalue weighted by Crippen LogP contribution is -2.38. The molecule has 0 radical (unpaired) electrons. The predicted molar refractivity (Wildman–Crippen MR) is 58.0 cm³/mol. The van der Waals surface area contributed by atoms with Crippen LogP contribution in [0.15, 0.2) is 12.3 Å². The van der Waals surface area contributed by atoms with Crippen LogP contribution < -0.4 is 10.6 Å². The van der Waals surface area contributed by atoms with Crippen LogP contribution in [-0.2, 0) is 6.54 Å². The molecule has 0 saturated heterocycles. The molecule has 0 fully saturated rings. The maximum Gasteiger partial charge on any atom is 0.0490 e. The number of H-pyrrole nitrogens is 1. The summed E-state index contributed by atoms with van der Waals surface area (Å²) in [5.41, 5.74) is 1.13. The van der Waals surface area contributed by atoms with Gasteiger partial charge in [0, 0.05) is 37.1 Å². The minimum absolute atomic E-state index is 0.473. The second kappa shape index (κ2) is 5.78. The molecule has 0 aliphatic heterocycles. The SMILES string of the molecule is CC(C)NCC(C)NCc1ccn[nH]1. The average Bonchev–Trinajstić information content (AvgIpc) is 2.63. The van der Waals surface area contributed by atoms with Crippen LogP contribution in [0.3, 0.4) is 0 Å². The molecule has 4 heteroatoms. The first-order chi connectivity index (χ1) is 6.68. The molecule has 0 spiro atoms. The smallest absolute Gasteiger partial charge is 0.0490 e. The van der Waals surface area contributed by atoms with E-state index in [1.54, 1.807) is 6.20 Å². The summed E-state index contributed by atoms with van der Waals surface area (Å²) in [4.78, 5) is 0. The summed E-state index contributed by atoms with van der Waals surface area (Å²) < 4.78 is 0. The first kappa shape index (κ1) is 11.2. The second-order valence-electron chi connectivity index (χ2n) is 3.93. The molecular weight excluding hydrogens is 176 g/mol. The number of rotatable bonds is 6. The first-order valence-corrected chi connectivity index (χ1v) is 5.13. The van der Waals surface area contributed by atoms with Crippen LogP contribution in [0.4, 0.5) is 0 Å². The maximum absolute atomic E-state index is 3.89. The van der Waals surface area contributed by atoms with E-state index >= 15 is 0 Å². The standard InChI is InChI=1S/C10H20N4/c1-8(2)11-6-9(3)12-7-10-4-5-13-14-10/h4-5,8-9,11-12H,6-7H2,1-3H3,(H,13,14). The number of hydrogen-bond donors (Lipinski definition) is 3. The van der Waals surface area contributed by atoms with Gasteiger partial charge in [-0.05, 0) is 13.0 Å².